The van der Waals surface area contributed by atoms with Crippen LogP contribution in [0.3, 0.4) is 0 Å². The lowest BCUT2D eigenvalue weighted by Gasteiger charge is -2.24. The minimum Gasteiger partial charge on any atom is -0.490 e. The molecule has 0 N–H and O–H groups in total. The normalized spacial score (nSPS) is 24.4. The molecule has 0 aromatic rings. The molecule has 0 unspecified atom stereocenters. The average molecular weight is 196 g/mol. The third-order valence-corrected chi connectivity index (χ3v) is 2.30. The summed E-state index contributed by atoms with van der Waals surface area (Å²) in [4.78, 5) is 11.3. The van der Waals surface area contributed by atoms with E-state index in [9.17, 15) is 4.79 Å². The van der Waals surface area contributed by atoms with E-state index in [1.165, 1.54) is 7.11 Å². The number of hydrogen-bond donors (Lipinski definition) is 0. The molecule has 0 bridgehead atoms. The van der Waals surface area contributed by atoms with E-state index in [0.717, 1.165) is 6.42 Å². The minimum absolute atomic E-state index is 0.0578. The van der Waals surface area contributed by atoms with Crippen LogP contribution in [0.15, 0.2) is 24.0 Å². The summed E-state index contributed by atoms with van der Waals surface area (Å²) in [7, 11) is 1.47. The van der Waals surface area contributed by atoms with Crippen molar-refractivity contribution in [2.24, 2.45) is 5.92 Å². The molecule has 1 heterocycles. The van der Waals surface area contributed by atoms with E-state index in [1.807, 2.05) is 26.0 Å². The largest absolute Gasteiger partial charge is 0.490 e. The van der Waals surface area contributed by atoms with Crippen molar-refractivity contribution in [2.45, 2.75) is 26.4 Å². The van der Waals surface area contributed by atoms with Crippen LogP contribution in [-0.4, -0.2) is 19.2 Å². The van der Waals surface area contributed by atoms with Gasteiger partial charge < -0.3 is 9.47 Å². The number of cyclic esters (lactones) is 1. The summed E-state index contributed by atoms with van der Waals surface area (Å²) in [6.45, 7) is 3.99. The lowest BCUT2D eigenvalue weighted by molar-refractivity contribution is -0.151. The monoisotopic (exact) mass is 196 g/mol. The topological polar surface area (TPSA) is 35.5 Å². The van der Waals surface area contributed by atoms with Crippen LogP contribution in [-0.2, 0) is 14.3 Å². The van der Waals surface area contributed by atoms with Crippen LogP contribution >= 0.6 is 0 Å². The highest BCUT2D eigenvalue weighted by Gasteiger charge is 2.26. The molecular weight excluding hydrogens is 180 g/mol. The lowest BCUT2D eigenvalue weighted by atomic mass is 9.99. The lowest BCUT2D eigenvalue weighted by Crippen LogP contribution is -2.28. The van der Waals surface area contributed by atoms with Crippen LogP contribution in [0, 0.1) is 5.92 Å². The first-order chi connectivity index (χ1) is 6.69. The molecule has 0 amide bonds. The number of carbonyl (C=O) groups is 1. The number of esters is 1. The number of allylic oxidation sites excluding steroid dienone is 1. The predicted molar refractivity (Wildman–Crippen MR) is 53.6 cm³/mol. The second-order valence-electron chi connectivity index (χ2n) is 3.34. The third-order valence-electron chi connectivity index (χ3n) is 2.30. The maximum Gasteiger partial charge on any atom is 0.373 e. The highest BCUT2D eigenvalue weighted by molar-refractivity contribution is 5.87. The summed E-state index contributed by atoms with van der Waals surface area (Å²) >= 11 is 0. The van der Waals surface area contributed by atoms with Gasteiger partial charge in [0, 0.05) is 12.3 Å². The van der Waals surface area contributed by atoms with E-state index >= 15 is 0 Å². The Bertz CT molecular complexity index is 266. The van der Waals surface area contributed by atoms with E-state index in [4.69, 9.17) is 9.47 Å². The zero-order valence-electron chi connectivity index (χ0n) is 8.82. The van der Waals surface area contributed by atoms with Gasteiger partial charge in [0.2, 0.25) is 0 Å². The Kier molecular flexibility index (Phi) is 3.74. The molecule has 0 aliphatic carbocycles. The van der Waals surface area contributed by atoms with Gasteiger partial charge in [0.1, 0.15) is 6.10 Å². The molecule has 1 aliphatic rings. The van der Waals surface area contributed by atoms with E-state index in [1.54, 1.807) is 6.08 Å². The van der Waals surface area contributed by atoms with E-state index < -0.39 is 0 Å². The molecule has 0 aromatic carbocycles. The number of carbonyl (C=O) groups excluding carboxylic acids is 1. The van der Waals surface area contributed by atoms with Gasteiger partial charge in [-0.25, -0.2) is 4.79 Å². The average Bonchev–Trinajstić information content (AvgIpc) is 2.18. The SMILES string of the molecule is C/C=C\[C@H](C)[C@@H]1CC=C(OC)C(=O)O1. The molecule has 3 heteroatoms. The van der Waals surface area contributed by atoms with Crippen molar-refractivity contribution in [1.29, 1.82) is 0 Å². The molecule has 3 nitrogen and oxygen atoms in total. The number of methoxy groups -OCH3 is 1. The molecule has 78 valence electrons. The fourth-order valence-electron chi connectivity index (χ4n) is 1.47. The Labute approximate surface area is 84.4 Å². The number of rotatable bonds is 3. The second-order valence-corrected chi connectivity index (χ2v) is 3.34. The molecule has 2 atom stereocenters. The smallest absolute Gasteiger partial charge is 0.373 e. The zero-order chi connectivity index (χ0) is 10.6. The van der Waals surface area contributed by atoms with Crippen LogP contribution < -0.4 is 0 Å². The van der Waals surface area contributed by atoms with Gasteiger partial charge in [-0.05, 0) is 13.0 Å². The van der Waals surface area contributed by atoms with Crippen LogP contribution in [0.1, 0.15) is 20.3 Å². The zero-order valence-corrected chi connectivity index (χ0v) is 8.82. The molecule has 0 saturated carbocycles. The van der Waals surface area contributed by atoms with Crippen molar-refractivity contribution in [3.8, 4) is 0 Å². The van der Waals surface area contributed by atoms with Gasteiger partial charge in [-0.1, -0.05) is 19.1 Å². The van der Waals surface area contributed by atoms with Crippen molar-refractivity contribution in [1.82, 2.24) is 0 Å². The third kappa shape index (κ3) is 2.37. The van der Waals surface area contributed by atoms with Crippen molar-refractivity contribution >= 4 is 5.97 Å². The van der Waals surface area contributed by atoms with E-state index in [0.29, 0.717) is 5.76 Å². The maximum absolute atomic E-state index is 11.3. The number of ether oxygens (including phenoxy) is 2. The molecule has 0 radical (unpaired) electrons. The molecule has 1 aliphatic heterocycles. The Hall–Kier alpha value is -1.25. The van der Waals surface area contributed by atoms with Crippen molar-refractivity contribution in [3.05, 3.63) is 24.0 Å². The van der Waals surface area contributed by atoms with Gasteiger partial charge in [0.05, 0.1) is 7.11 Å². The van der Waals surface area contributed by atoms with Crippen LogP contribution in [0.5, 0.6) is 0 Å². The Balaban J connectivity index is 2.63. The molecule has 0 aromatic heterocycles. The van der Waals surface area contributed by atoms with Gasteiger partial charge in [0.25, 0.3) is 0 Å². The summed E-state index contributed by atoms with van der Waals surface area (Å²) in [5.41, 5.74) is 0. The molecule has 1 rings (SSSR count). The second kappa shape index (κ2) is 4.84. The van der Waals surface area contributed by atoms with E-state index in [2.05, 4.69) is 0 Å². The van der Waals surface area contributed by atoms with Crippen LogP contribution in [0.2, 0.25) is 0 Å². The summed E-state index contributed by atoms with van der Waals surface area (Å²) in [5, 5.41) is 0. The summed E-state index contributed by atoms with van der Waals surface area (Å²) in [5.74, 6) is 0.202. The highest BCUT2D eigenvalue weighted by Crippen LogP contribution is 2.21. The fraction of sp³-hybridized carbons (Fsp3) is 0.545. The fourth-order valence-corrected chi connectivity index (χ4v) is 1.47. The molecule has 14 heavy (non-hydrogen) atoms. The molecular formula is C11H16O3. The minimum atomic E-state index is -0.361. The predicted octanol–water partition coefficient (Wildman–Crippen LogP) is 2.04. The molecule has 0 saturated heterocycles. The van der Waals surface area contributed by atoms with Gasteiger partial charge in [0.15, 0.2) is 5.76 Å². The van der Waals surface area contributed by atoms with Crippen molar-refractivity contribution in [3.63, 3.8) is 0 Å². The summed E-state index contributed by atoms with van der Waals surface area (Å²) < 4.78 is 10.1. The number of hydrogen-bond acceptors (Lipinski definition) is 3. The van der Waals surface area contributed by atoms with Crippen LogP contribution in [0.4, 0.5) is 0 Å². The summed E-state index contributed by atoms with van der Waals surface area (Å²) in [6.07, 6.45) is 6.45. The summed E-state index contributed by atoms with van der Waals surface area (Å²) in [6, 6.07) is 0. The maximum atomic E-state index is 11.3. The highest BCUT2D eigenvalue weighted by atomic mass is 16.6. The van der Waals surface area contributed by atoms with Gasteiger partial charge >= 0.3 is 5.97 Å². The standard InChI is InChI=1S/C11H16O3/c1-4-5-8(2)9-6-7-10(13-3)11(12)14-9/h4-5,7-9H,6H2,1-3H3/b5-4-/t8-,9-/m0/s1. The first-order valence-electron chi connectivity index (χ1n) is 4.77. The van der Waals surface area contributed by atoms with Gasteiger partial charge in [-0.15, -0.1) is 0 Å². The van der Waals surface area contributed by atoms with Crippen molar-refractivity contribution < 1.29 is 14.3 Å². The quantitative estimate of drug-likeness (QED) is 0.512. The molecule has 0 fully saturated rings. The Morgan fingerprint density at radius 2 is 2.43 bits per heavy atom. The first-order valence-corrected chi connectivity index (χ1v) is 4.77. The van der Waals surface area contributed by atoms with E-state index in [-0.39, 0.29) is 18.0 Å². The Morgan fingerprint density at radius 1 is 1.71 bits per heavy atom. The van der Waals surface area contributed by atoms with Gasteiger partial charge in [-0.2, -0.15) is 0 Å². The molecule has 0 spiro atoms. The van der Waals surface area contributed by atoms with Crippen LogP contribution in [0.25, 0.3) is 0 Å². The Morgan fingerprint density at radius 3 is 2.93 bits per heavy atom. The first kappa shape index (κ1) is 10.8. The van der Waals surface area contributed by atoms with Gasteiger partial charge in [-0.3, -0.25) is 0 Å². The van der Waals surface area contributed by atoms with Crippen molar-refractivity contribution in [2.75, 3.05) is 7.11 Å².